The van der Waals surface area contributed by atoms with Crippen LogP contribution in [0.1, 0.15) is 73.4 Å². The molecule has 2 N–H and O–H groups in total. The van der Waals surface area contributed by atoms with Gasteiger partial charge in [-0.25, -0.2) is 14.4 Å². The number of nitrogens with one attached hydrogen (secondary N) is 1. The lowest BCUT2D eigenvalue weighted by atomic mass is 10.1. The first-order chi connectivity index (χ1) is 20.7. The SMILES string of the molecule is CCOC(=O)[C@H](Oc1ccc(/C=N\O)cc1)C(C)C.CCOC(=O)[C@H](Oc1ccc(CNC(=O)OC(C)(C)C)cc1)C(C)C. The molecule has 2 atom stereocenters. The highest BCUT2D eigenvalue weighted by Crippen LogP contribution is 2.19. The molecule has 0 aromatic heterocycles. The third kappa shape index (κ3) is 14.8. The highest BCUT2D eigenvalue weighted by atomic mass is 16.6. The zero-order valence-corrected chi connectivity index (χ0v) is 27.3. The Morgan fingerprint density at radius 2 is 1.23 bits per heavy atom. The molecular formula is C33H48N2O9. The van der Waals surface area contributed by atoms with Gasteiger partial charge in [-0.2, -0.15) is 0 Å². The van der Waals surface area contributed by atoms with E-state index in [0.29, 0.717) is 31.3 Å². The summed E-state index contributed by atoms with van der Waals surface area (Å²) in [5.41, 5.74) is 1.11. The molecular weight excluding hydrogens is 568 g/mol. The smallest absolute Gasteiger partial charge is 0.407 e. The van der Waals surface area contributed by atoms with Gasteiger partial charge < -0.3 is 34.2 Å². The Morgan fingerprint density at radius 3 is 1.59 bits per heavy atom. The monoisotopic (exact) mass is 616 g/mol. The molecule has 0 saturated carbocycles. The minimum atomic E-state index is -0.648. The molecule has 0 fully saturated rings. The maximum absolute atomic E-state index is 11.9. The summed E-state index contributed by atoms with van der Waals surface area (Å²) in [5, 5.41) is 14.0. The van der Waals surface area contributed by atoms with E-state index >= 15 is 0 Å². The second-order valence-corrected chi connectivity index (χ2v) is 11.4. The van der Waals surface area contributed by atoms with Crippen molar-refractivity contribution in [2.75, 3.05) is 13.2 Å². The van der Waals surface area contributed by atoms with Crippen molar-refractivity contribution in [2.45, 2.75) is 86.7 Å². The normalized spacial score (nSPS) is 12.5. The largest absolute Gasteiger partial charge is 0.478 e. The average Bonchev–Trinajstić information content (AvgIpc) is 2.94. The predicted molar refractivity (Wildman–Crippen MR) is 167 cm³/mol. The Kier molecular flexibility index (Phi) is 16.4. The van der Waals surface area contributed by atoms with Gasteiger partial charge in [-0.3, -0.25) is 0 Å². The standard InChI is InChI=1S/C19H29NO5.C14H19NO4/c1-7-23-17(21)16(13(2)3)24-15-10-8-14(9-11-15)12-20-18(22)25-19(4,5)6;1-4-18-14(16)13(10(2)3)19-12-7-5-11(6-8-12)9-15-17/h8-11,13,16H,7,12H2,1-6H3,(H,20,22);5-10,13,17H,4H2,1-3H3/b;15-9-/t16-;13-/m11/s1. The Morgan fingerprint density at radius 1 is 0.795 bits per heavy atom. The number of esters is 2. The van der Waals surface area contributed by atoms with Gasteiger partial charge in [-0.15, -0.1) is 0 Å². The summed E-state index contributed by atoms with van der Waals surface area (Å²) in [6.45, 7) is 17.6. The molecule has 244 valence electrons. The summed E-state index contributed by atoms with van der Waals surface area (Å²) in [4.78, 5) is 35.3. The Labute approximate surface area is 260 Å². The van der Waals surface area contributed by atoms with Crippen LogP contribution in [0, 0.1) is 11.8 Å². The van der Waals surface area contributed by atoms with Crippen molar-refractivity contribution in [1.82, 2.24) is 5.32 Å². The summed E-state index contributed by atoms with van der Waals surface area (Å²) in [6, 6.07) is 14.1. The average molecular weight is 617 g/mol. The van der Waals surface area contributed by atoms with Crippen molar-refractivity contribution in [3.05, 3.63) is 59.7 Å². The molecule has 0 unspecified atom stereocenters. The zero-order valence-electron chi connectivity index (χ0n) is 27.3. The van der Waals surface area contributed by atoms with Crippen LogP contribution >= 0.6 is 0 Å². The van der Waals surface area contributed by atoms with E-state index in [-0.39, 0.29) is 23.8 Å². The van der Waals surface area contributed by atoms with E-state index in [1.165, 1.54) is 6.21 Å². The highest BCUT2D eigenvalue weighted by Gasteiger charge is 2.26. The summed E-state index contributed by atoms with van der Waals surface area (Å²) in [5.74, 6) is 0.423. The van der Waals surface area contributed by atoms with Gasteiger partial charge in [-0.1, -0.05) is 45.0 Å². The van der Waals surface area contributed by atoms with E-state index < -0.39 is 23.9 Å². The quantitative estimate of drug-likeness (QED) is 0.0892. The number of nitrogens with zero attached hydrogens (tertiary/aromatic N) is 1. The molecule has 2 aromatic carbocycles. The Bertz CT molecular complexity index is 1170. The van der Waals surface area contributed by atoms with Crippen molar-refractivity contribution in [3.8, 4) is 11.5 Å². The van der Waals surface area contributed by atoms with Crippen LogP contribution in [0.25, 0.3) is 0 Å². The number of carbonyl (C=O) groups is 3. The highest BCUT2D eigenvalue weighted by molar-refractivity contribution is 5.79. The number of hydrogen-bond acceptors (Lipinski definition) is 10. The molecule has 0 radical (unpaired) electrons. The van der Waals surface area contributed by atoms with Gasteiger partial charge in [0.25, 0.3) is 0 Å². The van der Waals surface area contributed by atoms with Crippen LogP contribution in [0.15, 0.2) is 53.7 Å². The Hall–Kier alpha value is -4.28. The van der Waals surface area contributed by atoms with E-state index in [0.717, 1.165) is 11.1 Å². The van der Waals surface area contributed by atoms with Crippen molar-refractivity contribution >= 4 is 24.2 Å². The van der Waals surface area contributed by atoms with Gasteiger partial charge in [-0.05, 0) is 82.1 Å². The van der Waals surface area contributed by atoms with Crippen molar-refractivity contribution < 1.29 is 43.3 Å². The van der Waals surface area contributed by atoms with Crippen molar-refractivity contribution in [2.24, 2.45) is 17.0 Å². The molecule has 44 heavy (non-hydrogen) atoms. The number of hydrogen-bond donors (Lipinski definition) is 2. The summed E-state index contributed by atoms with van der Waals surface area (Å²) >= 11 is 0. The maximum Gasteiger partial charge on any atom is 0.407 e. The summed E-state index contributed by atoms with van der Waals surface area (Å²) < 4.78 is 26.6. The first-order valence-corrected chi connectivity index (χ1v) is 14.7. The topological polar surface area (TPSA) is 142 Å². The van der Waals surface area contributed by atoms with Crippen LogP contribution in [0.3, 0.4) is 0 Å². The molecule has 0 spiro atoms. The van der Waals surface area contributed by atoms with E-state index in [4.69, 9.17) is 28.9 Å². The second kappa shape index (κ2) is 19.1. The fourth-order valence-electron chi connectivity index (χ4n) is 3.53. The number of amides is 1. The number of benzene rings is 2. The maximum atomic E-state index is 11.9. The van der Waals surface area contributed by atoms with Gasteiger partial charge >= 0.3 is 18.0 Å². The first-order valence-electron chi connectivity index (χ1n) is 14.7. The van der Waals surface area contributed by atoms with Crippen molar-refractivity contribution in [3.63, 3.8) is 0 Å². The predicted octanol–water partition coefficient (Wildman–Crippen LogP) is 6.14. The summed E-state index contributed by atoms with van der Waals surface area (Å²) in [6.07, 6.45) is -0.423. The lowest BCUT2D eigenvalue weighted by molar-refractivity contribution is -0.154. The van der Waals surface area contributed by atoms with Gasteiger partial charge in [0.2, 0.25) is 0 Å². The van der Waals surface area contributed by atoms with Gasteiger partial charge in [0.15, 0.2) is 12.2 Å². The fourth-order valence-corrected chi connectivity index (χ4v) is 3.53. The molecule has 0 saturated heterocycles. The molecule has 0 bridgehead atoms. The van der Waals surface area contributed by atoms with E-state index in [1.807, 2.05) is 60.6 Å². The third-order valence-corrected chi connectivity index (χ3v) is 5.62. The van der Waals surface area contributed by atoms with Crippen LogP contribution in [-0.4, -0.2) is 60.5 Å². The number of ether oxygens (including phenoxy) is 5. The third-order valence-electron chi connectivity index (χ3n) is 5.62. The molecule has 0 aliphatic carbocycles. The summed E-state index contributed by atoms with van der Waals surface area (Å²) in [7, 11) is 0. The molecule has 0 heterocycles. The lowest BCUT2D eigenvalue weighted by Gasteiger charge is -2.21. The van der Waals surface area contributed by atoms with Crippen LogP contribution in [0.4, 0.5) is 4.79 Å². The molecule has 1 amide bonds. The molecule has 2 aromatic rings. The van der Waals surface area contributed by atoms with E-state index in [2.05, 4.69) is 10.5 Å². The number of carbonyl (C=O) groups excluding carboxylic acids is 3. The fraction of sp³-hybridized carbons (Fsp3) is 0.515. The van der Waals surface area contributed by atoms with Crippen LogP contribution in [0.2, 0.25) is 0 Å². The molecule has 11 nitrogen and oxygen atoms in total. The lowest BCUT2D eigenvalue weighted by Crippen LogP contribution is -2.34. The number of rotatable bonds is 13. The zero-order chi connectivity index (χ0) is 33.3. The van der Waals surface area contributed by atoms with Crippen LogP contribution in [0.5, 0.6) is 11.5 Å². The van der Waals surface area contributed by atoms with E-state index in [1.54, 1.807) is 50.2 Å². The number of oxime groups is 1. The van der Waals surface area contributed by atoms with Gasteiger partial charge in [0, 0.05) is 18.4 Å². The van der Waals surface area contributed by atoms with Crippen molar-refractivity contribution in [1.29, 1.82) is 0 Å². The van der Waals surface area contributed by atoms with E-state index in [9.17, 15) is 14.4 Å². The van der Waals surface area contributed by atoms with Gasteiger partial charge in [0.05, 0.1) is 19.4 Å². The molecule has 0 aliphatic heterocycles. The van der Waals surface area contributed by atoms with Gasteiger partial charge in [0.1, 0.15) is 17.1 Å². The van der Waals surface area contributed by atoms with Crippen LogP contribution in [-0.2, 0) is 30.3 Å². The second-order valence-electron chi connectivity index (χ2n) is 11.4. The number of alkyl carbamates (subject to hydrolysis) is 1. The molecule has 0 aliphatic rings. The van der Waals surface area contributed by atoms with Crippen LogP contribution < -0.4 is 14.8 Å². The first kappa shape index (κ1) is 37.7. The molecule has 11 heteroatoms. The molecule has 2 rings (SSSR count). The minimum absolute atomic E-state index is 0.00689. The Balaban J connectivity index is 0.000000457. The minimum Gasteiger partial charge on any atom is -0.478 e.